The molecule has 8 heteroatoms. The molecule has 1 amide bonds. The predicted molar refractivity (Wildman–Crippen MR) is 84.2 cm³/mol. The molecule has 104 valence electrons. The van der Waals surface area contributed by atoms with Gasteiger partial charge in [0, 0.05) is 10.7 Å². The Bertz CT molecular complexity index is 649. The average molecular weight is 376 g/mol. The first-order valence-electron chi connectivity index (χ1n) is 5.40. The van der Waals surface area contributed by atoms with E-state index in [4.69, 9.17) is 29.0 Å². The van der Waals surface area contributed by atoms with Crippen LogP contribution < -0.4 is 16.6 Å². The second-order valence-corrected chi connectivity index (χ2v) is 5.36. The van der Waals surface area contributed by atoms with E-state index in [9.17, 15) is 4.79 Å². The summed E-state index contributed by atoms with van der Waals surface area (Å²) in [6.45, 7) is 0. The zero-order valence-corrected chi connectivity index (χ0v) is 13.1. The number of nitrogens with zero attached hydrogens (tertiary/aromatic N) is 1. The summed E-state index contributed by atoms with van der Waals surface area (Å²) in [5, 5.41) is 3.27. The Labute approximate surface area is 133 Å². The fourth-order valence-corrected chi connectivity index (χ4v) is 2.25. The van der Waals surface area contributed by atoms with E-state index < -0.39 is 0 Å². The van der Waals surface area contributed by atoms with Crippen molar-refractivity contribution in [3.8, 4) is 0 Å². The first-order chi connectivity index (χ1) is 9.52. The molecule has 0 spiro atoms. The van der Waals surface area contributed by atoms with Gasteiger partial charge in [0.2, 0.25) is 0 Å². The molecule has 1 heterocycles. The number of nitrogens with two attached hydrogens (primary N) is 1. The van der Waals surface area contributed by atoms with Crippen molar-refractivity contribution in [1.82, 2.24) is 4.98 Å². The highest BCUT2D eigenvalue weighted by Crippen LogP contribution is 2.35. The molecule has 0 saturated carbocycles. The Balaban J connectivity index is 2.21. The Morgan fingerprint density at radius 3 is 2.55 bits per heavy atom. The SMILES string of the molecule is NNc1ccc(C(=O)Nc2ccc(Br)c(Cl)c2Cl)cn1. The molecule has 0 bridgehead atoms. The number of hydrogen-bond donors (Lipinski definition) is 3. The van der Waals surface area contributed by atoms with Gasteiger partial charge in [-0.25, -0.2) is 10.8 Å². The third-order valence-corrected chi connectivity index (χ3v) is 4.23. The number of carbonyl (C=O) groups is 1. The van der Waals surface area contributed by atoms with Crippen LogP contribution in [-0.2, 0) is 0 Å². The summed E-state index contributed by atoms with van der Waals surface area (Å²) >= 11 is 15.3. The van der Waals surface area contributed by atoms with Gasteiger partial charge >= 0.3 is 0 Å². The van der Waals surface area contributed by atoms with Gasteiger partial charge in [0.05, 0.1) is 21.3 Å². The first-order valence-corrected chi connectivity index (χ1v) is 6.95. The summed E-state index contributed by atoms with van der Waals surface area (Å²) in [5.41, 5.74) is 3.18. The van der Waals surface area contributed by atoms with Crippen LogP contribution in [0.1, 0.15) is 10.4 Å². The maximum Gasteiger partial charge on any atom is 0.257 e. The molecular weight excluding hydrogens is 367 g/mol. The molecule has 0 aliphatic heterocycles. The largest absolute Gasteiger partial charge is 0.321 e. The Morgan fingerprint density at radius 1 is 1.20 bits per heavy atom. The van der Waals surface area contributed by atoms with Crippen molar-refractivity contribution in [2.75, 3.05) is 10.7 Å². The summed E-state index contributed by atoms with van der Waals surface area (Å²) in [5.74, 6) is 5.32. The Morgan fingerprint density at radius 2 is 1.95 bits per heavy atom. The second kappa shape index (κ2) is 6.41. The number of benzene rings is 1. The van der Waals surface area contributed by atoms with Gasteiger partial charge in [0.1, 0.15) is 5.82 Å². The molecule has 4 N–H and O–H groups in total. The van der Waals surface area contributed by atoms with Crippen molar-refractivity contribution in [2.45, 2.75) is 0 Å². The van der Waals surface area contributed by atoms with E-state index in [0.717, 1.165) is 0 Å². The number of hydrogen-bond acceptors (Lipinski definition) is 4. The zero-order valence-electron chi connectivity index (χ0n) is 9.95. The molecule has 0 aliphatic carbocycles. The number of nitrogens with one attached hydrogen (secondary N) is 2. The predicted octanol–water partition coefficient (Wildman–Crippen LogP) is 3.69. The number of carbonyl (C=O) groups excluding carboxylic acids is 1. The van der Waals surface area contributed by atoms with Crippen molar-refractivity contribution in [3.63, 3.8) is 0 Å². The van der Waals surface area contributed by atoms with Crippen LogP contribution in [0.15, 0.2) is 34.9 Å². The molecule has 0 saturated heterocycles. The molecule has 5 nitrogen and oxygen atoms in total. The van der Waals surface area contributed by atoms with E-state index in [1.807, 2.05) is 0 Å². The van der Waals surface area contributed by atoms with Crippen molar-refractivity contribution in [2.24, 2.45) is 5.84 Å². The van der Waals surface area contributed by atoms with E-state index in [0.29, 0.717) is 26.6 Å². The number of aromatic nitrogens is 1. The third-order valence-electron chi connectivity index (χ3n) is 2.46. The molecular formula is C12H9BrCl2N4O. The van der Waals surface area contributed by atoms with Crippen LogP contribution in [0.25, 0.3) is 0 Å². The standard InChI is InChI=1S/C12H9BrCl2N4O/c13-7-2-3-8(11(15)10(7)14)18-12(20)6-1-4-9(19-16)17-5-6/h1-5H,16H2,(H,17,19)(H,18,20). The van der Waals surface area contributed by atoms with Crippen molar-refractivity contribution in [3.05, 3.63) is 50.5 Å². The zero-order chi connectivity index (χ0) is 14.7. The number of halogens is 3. The normalized spacial score (nSPS) is 10.2. The van der Waals surface area contributed by atoms with Crippen LogP contribution >= 0.6 is 39.1 Å². The lowest BCUT2D eigenvalue weighted by Crippen LogP contribution is -2.14. The molecule has 2 aromatic rings. The summed E-state index contributed by atoms with van der Waals surface area (Å²) in [6.07, 6.45) is 1.40. The highest BCUT2D eigenvalue weighted by molar-refractivity contribution is 9.10. The minimum absolute atomic E-state index is 0.266. The summed E-state index contributed by atoms with van der Waals surface area (Å²) in [4.78, 5) is 16.0. The number of rotatable bonds is 3. The highest BCUT2D eigenvalue weighted by atomic mass is 79.9. The van der Waals surface area contributed by atoms with Gasteiger partial charge in [-0.1, -0.05) is 23.2 Å². The second-order valence-electron chi connectivity index (χ2n) is 3.75. The molecule has 0 unspecified atom stereocenters. The van der Waals surface area contributed by atoms with Crippen molar-refractivity contribution >= 4 is 56.5 Å². The Hall–Kier alpha value is -1.34. The van der Waals surface area contributed by atoms with E-state index in [2.05, 4.69) is 31.7 Å². The number of pyridine rings is 1. The molecule has 0 fully saturated rings. The van der Waals surface area contributed by atoms with E-state index in [1.165, 1.54) is 6.20 Å². The van der Waals surface area contributed by atoms with Gasteiger partial charge in [-0.05, 0) is 40.2 Å². The molecule has 1 aromatic heterocycles. The topological polar surface area (TPSA) is 80.0 Å². The van der Waals surface area contributed by atoms with Crippen LogP contribution in [0.4, 0.5) is 11.5 Å². The lowest BCUT2D eigenvalue weighted by Gasteiger charge is -2.09. The molecule has 1 aromatic carbocycles. The molecule has 0 atom stereocenters. The molecule has 2 rings (SSSR count). The maximum absolute atomic E-state index is 12.0. The lowest BCUT2D eigenvalue weighted by molar-refractivity contribution is 0.102. The summed E-state index contributed by atoms with van der Waals surface area (Å²) in [7, 11) is 0. The summed E-state index contributed by atoms with van der Waals surface area (Å²) < 4.78 is 0.655. The monoisotopic (exact) mass is 374 g/mol. The number of anilines is 2. The van der Waals surface area contributed by atoms with Crippen molar-refractivity contribution in [1.29, 1.82) is 0 Å². The van der Waals surface area contributed by atoms with Crippen molar-refractivity contribution < 1.29 is 4.79 Å². The van der Waals surface area contributed by atoms with Crippen LogP contribution in [0.5, 0.6) is 0 Å². The average Bonchev–Trinajstić information content (AvgIpc) is 2.48. The minimum atomic E-state index is -0.346. The molecule has 20 heavy (non-hydrogen) atoms. The minimum Gasteiger partial charge on any atom is -0.321 e. The number of nitrogen functional groups attached to an aromatic ring is 1. The maximum atomic E-state index is 12.0. The first kappa shape index (κ1) is 15.1. The smallest absolute Gasteiger partial charge is 0.257 e. The van der Waals surface area contributed by atoms with Gasteiger partial charge in [-0.2, -0.15) is 0 Å². The van der Waals surface area contributed by atoms with Crippen LogP contribution in [0.2, 0.25) is 10.0 Å². The van der Waals surface area contributed by atoms with E-state index in [1.54, 1.807) is 24.3 Å². The van der Waals surface area contributed by atoms with Gasteiger partial charge in [-0.3, -0.25) is 4.79 Å². The number of hydrazine groups is 1. The Kier molecular flexibility index (Phi) is 4.82. The summed E-state index contributed by atoms with van der Waals surface area (Å²) in [6, 6.07) is 6.53. The third kappa shape index (κ3) is 3.21. The number of amides is 1. The van der Waals surface area contributed by atoms with Gasteiger partial charge in [-0.15, -0.1) is 0 Å². The quantitative estimate of drug-likeness (QED) is 0.434. The molecule has 0 radical (unpaired) electrons. The van der Waals surface area contributed by atoms with Gasteiger partial charge in [0.25, 0.3) is 5.91 Å². The molecule has 0 aliphatic rings. The van der Waals surface area contributed by atoms with Gasteiger partial charge in [0.15, 0.2) is 0 Å². The van der Waals surface area contributed by atoms with E-state index >= 15 is 0 Å². The highest BCUT2D eigenvalue weighted by Gasteiger charge is 2.12. The fourth-order valence-electron chi connectivity index (χ4n) is 1.43. The fraction of sp³-hybridized carbons (Fsp3) is 0. The van der Waals surface area contributed by atoms with E-state index in [-0.39, 0.29) is 10.9 Å². The van der Waals surface area contributed by atoms with Crippen LogP contribution in [-0.4, -0.2) is 10.9 Å². The van der Waals surface area contributed by atoms with Crippen LogP contribution in [0, 0.1) is 0 Å². The van der Waals surface area contributed by atoms with Crippen LogP contribution in [0.3, 0.4) is 0 Å². The lowest BCUT2D eigenvalue weighted by atomic mass is 10.2. The van der Waals surface area contributed by atoms with Gasteiger partial charge < -0.3 is 10.7 Å².